The van der Waals surface area contributed by atoms with Gasteiger partial charge in [-0.25, -0.2) is 6.54 Å². The van der Waals surface area contributed by atoms with Gasteiger partial charge >= 0.3 is 11.9 Å². The first kappa shape index (κ1) is 20.8. The molecule has 9 nitrogen and oxygen atoms in total. The maximum Gasteiger partial charge on any atom is 0.317 e. The molecule has 0 atom stereocenters. The van der Waals surface area contributed by atoms with Crippen molar-refractivity contribution in [3.05, 3.63) is 6.54 Å². The van der Waals surface area contributed by atoms with E-state index in [1.807, 2.05) is 0 Å². The number of carboxylic acids is 3. The molecule has 22 heavy (non-hydrogen) atoms. The van der Waals surface area contributed by atoms with Gasteiger partial charge in [0, 0.05) is 46.6 Å². The summed E-state index contributed by atoms with van der Waals surface area (Å²) in [6, 6.07) is 0. The molecule has 0 spiro atoms. The molecule has 10 heteroatoms. The van der Waals surface area contributed by atoms with Crippen molar-refractivity contribution in [2.45, 2.75) is 0 Å². The summed E-state index contributed by atoms with van der Waals surface area (Å²) < 4.78 is 0. The summed E-state index contributed by atoms with van der Waals surface area (Å²) in [4.78, 5) is 37.3. The van der Waals surface area contributed by atoms with Crippen LogP contribution >= 0.6 is 0 Å². The Labute approximate surface area is 142 Å². The van der Waals surface area contributed by atoms with Crippen LogP contribution < -0.4 is 0 Å². The smallest absolute Gasteiger partial charge is 0.317 e. The quantitative estimate of drug-likeness (QED) is 0.377. The summed E-state index contributed by atoms with van der Waals surface area (Å²) in [7, 11) is 0. The Balaban J connectivity index is 0.00000441. The molecule has 1 heterocycles. The first-order valence-electron chi connectivity index (χ1n) is 6.57. The molecule has 1 rings (SSSR count). The molecule has 127 valence electrons. The number of rotatable bonds is 6. The third-order valence-corrected chi connectivity index (χ3v) is 3.15. The fourth-order valence-electron chi connectivity index (χ4n) is 2.14. The Morgan fingerprint density at radius 1 is 0.773 bits per heavy atom. The van der Waals surface area contributed by atoms with Gasteiger partial charge in [-0.1, -0.05) is 0 Å². The number of aliphatic carboxylic acids is 3. The summed E-state index contributed by atoms with van der Waals surface area (Å²) in [5.74, 6) is -3.01. The van der Waals surface area contributed by atoms with Crippen LogP contribution in [0.4, 0.5) is 0 Å². The largest absolute Gasteiger partial charge is 0.502 e. The van der Waals surface area contributed by atoms with E-state index in [-0.39, 0.29) is 33.5 Å². The SMILES string of the molecule is O=C(O)[CH-]N1CCN(CC(=O)O)CCN(CC(=O)O)CC1.[Re]. The van der Waals surface area contributed by atoms with Crippen LogP contribution in [-0.4, -0.2) is 100 Å². The van der Waals surface area contributed by atoms with Crippen LogP contribution in [0.25, 0.3) is 0 Å². The molecule has 1 radical (unpaired) electrons. The second-order valence-corrected chi connectivity index (χ2v) is 4.84. The van der Waals surface area contributed by atoms with Crippen molar-refractivity contribution in [2.24, 2.45) is 0 Å². The first-order chi connectivity index (χ1) is 9.86. The average molecular weight is 489 g/mol. The van der Waals surface area contributed by atoms with E-state index in [0.717, 1.165) is 6.54 Å². The Morgan fingerprint density at radius 2 is 1.14 bits per heavy atom. The van der Waals surface area contributed by atoms with E-state index in [4.69, 9.17) is 15.3 Å². The predicted octanol–water partition coefficient (Wildman–Crippen LogP) is -1.68. The zero-order valence-corrected chi connectivity index (χ0v) is 14.7. The fraction of sp³-hybridized carbons (Fsp3) is 0.667. The Kier molecular flexibility index (Phi) is 9.97. The molecular weight excluding hydrogens is 468 g/mol. The Bertz CT molecular complexity index is 326. The Hall–Kier alpha value is -1.18. The van der Waals surface area contributed by atoms with Gasteiger partial charge in [0.1, 0.15) is 0 Å². The van der Waals surface area contributed by atoms with Gasteiger partial charge in [0.05, 0.1) is 13.1 Å². The second kappa shape index (κ2) is 10.5. The van der Waals surface area contributed by atoms with Crippen LogP contribution in [0.5, 0.6) is 0 Å². The number of carbonyl (C=O) groups is 3. The maximum absolute atomic E-state index is 10.8. The van der Waals surface area contributed by atoms with E-state index >= 15 is 0 Å². The molecule has 0 aromatic carbocycles. The molecule has 0 aromatic heterocycles. The van der Waals surface area contributed by atoms with Crippen molar-refractivity contribution >= 4 is 17.9 Å². The minimum atomic E-state index is -1.08. The Morgan fingerprint density at radius 3 is 1.45 bits per heavy atom. The minimum Gasteiger partial charge on any atom is -0.502 e. The van der Waals surface area contributed by atoms with Crippen LogP contribution in [0.3, 0.4) is 0 Å². The summed E-state index contributed by atoms with van der Waals surface area (Å²) in [6.07, 6.45) is 0. The van der Waals surface area contributed by atoms with Gasteiger partial charge in [-0.15, -0.1) is 0 Å². The molecule has 0 aliphatic carbocycles. The molecule has 0 unspecified atom stereocenters. The van der Waals surface area contributed by atoms with E-state index in [1.54, 1.807) is 14.7 Å². The van der Waals surface area contributed by atoms with Crippen LogP contribution in [0.2, 0.25) is 0 Å². The normalized spacial score (nSPS) is 18.4. The van der Waals surface area contributed by atoms with Crippen molar-refractivity contribution in [3.8, 4) is 0 Å². The standard InChI is InChI=1S/C12H20N3O6.Re/c16-10(17)7-13-1-2-14(8-11(18)19)5-6-15(4-3-13)9-12(20)21;/h7H,1-6,8-9H2,(H,16,17)(H,18,19)(H,20,21);/q-1;. The molecule has 0 bridgehead atoms. The number of hydrogen-bond donors (Lipinski definition) is 3. The predicted molar refractivity (Wildman–Crippen MR) is 71.7 cm³/mol. The van der Waals surface area contributed by atoms with Gasteiger partial charge in [-0.05, 0) is 13.1 Å². The monoisotopic (exact) mass is 489 g/mol. The molecule has 1 saturated heterocycles. The summed E-state index contributed by atoms with van der Waals surface area (Å²) >= 11 is 0. The third kappa shape index (κ3) is 8.97. The van der Waals surface area contributed by atoms with E-state index < -0.39 is 17.9 Å². The van der Waals surface area contributed by atoms with Crippen LogP contribution in [0.15, 0.2) is 0 Å². The first-order valence-corrected chi connectivity index (χ1v) is 6.57. The third-order valence-electron chi connectivity index (χ3n) is 3.15. The fourth-order valence-corrected chi connectivity index (χ4v) is 2.14. The average Bonchev–Trinajstić information content (AvgIpc) is 2.42. The van der Waals surface area contributed by atoms with Crippen molar-refractivity contribution in [2.75, 3.05) is 52.4 Å². The molecule has 1 aliphatic heterocycles. The minimum absolute atomic E-state index is 0. The van der Waals surface area contributed by atoms with Crippen molar-refractivity contribution < 1.29 is 50.1 Å². The van der Waals surface area contributed by atoms with Gasteiger partial charge in [-0.3, -0.25) is 24.2 Å². The van der Waals surface area contributed by atoms with Gasteiger partial charge < -0.3 is 20.2 Å². The summed E-state index contributed by atoms with van der Waals surface area (Å²) in [5.41, 5.74) is 0. The summed E-state index contributed by atoms with van der Waals surface area (Å²) in [5, 5.41) is 26.5. The number of carboxylic acid groups (broad SMARTS) is 3. The van der Waals surface area contributed by atoms with Gasteiger partial charge in [0.25, 0.3) is 0 Å². The van der Waals surface area contributed by atoms with E-state index in [0.29, 0.717) is 39.3 Å². The topological polar surface area (TPSA) is 122 Å². The molecule has 0 aromatic rings. The van der Waals surface area contributed by atoms with Gasteiger partial charge in [-0.2, -0.15) is 0 Å². The van der Waals surface area contributed by atoms with Crippen molar-refractivity contribution in [1.29, 1.82) is 0 Å². The molecule has 1 fully saturated rings. The second-order valence-electron chi connectivity index (χ2n) is 4.84. The van der Waals surface area contributed by atoms with Crippen LogP contribution in [0, 0.1) is 6.54 Å². The van der Waals surface area contributed by atoms with Crippen molar-refractivity contribution in [1.82, 2.24) is 14.7 Å². The number of hydrogen-bond acceptors (Lipinski definition) is 6. The maximum atomic E-state index is 10.8. The van der Waals surface area contributed by atoms with Gasteiger partial charge in [0.15, 0.2) is 5.97 Å². The zero-order valence-electron chi connectivity index (χ0n) is 12.0. The van der Waals surface area contributed by atoms with Gasteiger partial charge in [0.2, 0.25) is 0 Å². The molecule has 1 aliphatic rings. The number of nitrogens with zero attached hydrogens (tertiary/aromatic N) is 3. The van der Waals surface area contributed by atoms with Crippen LogP contribution in [0.1, 0.15) is 0 Å². The molecule has 0 saturated carbocycles. The molecule has 3 N–H and O–H groups in total. The van der Waals surface area contributed by atoms with Crippen LogP contribution in [-0.2, 0) is 34.8 Å². The molecule has 0 amide bonds. The summed E-state index contributed by atoms with van der Waals surface area (Å²) in [6.45, 7) is 3.21. The van der Waals surface area contributed by atoms with E-state index in [1.165, 1.54) is 0 Å². The van der Waals surface area contributed by atoms with E-state index in [9.17, 15) is 14.4 Å². The zero-order chi connectivity index (χ0) is 15.8. The molecular formula is C12H20N3O6Re-. The van der Waals surface area contributed by atoms with E-state index in [2.05, 4.69) is 0 Å². The van der Waals surface area contributed by atoms with Crippen molar-refractivity contribution in [3.63, 3.8) is 0 Å².